The molecule has 0 radical (unpaired) electrons. The number of nitrogens with one attached hydrogen (secondary N) is 1. The van der Waals surface area contributed by atoms with Crippen molar-refractivity contribution in [2.24, 2.45) is 0 Å². The minimum Gasteiger partial charge on any atom is -0.380 e. The zero-order chi connectivity index (χ0) is 13.0. The van der Waals surface area contributed by atoms with Gasteiger partial charge in [-0.15, -0.1) is 11.3 Å². The smallest absolute Gasteiger partial charge is 0.263 e. The minimum absolute atomic E-state index is 0.110. The molecule has 18 heavy (non-hydrogen) atoms. The third kappa shape index (κ3) is 2.69. The van der Waals surface area contributed by atoms with Crippen LogP contribution in [0.2, 0.25) is 0 Å². The van der Waals surface area contributed by atoms with E-state index in [1.807, 2.05) is 24.3 Å². The first-order chi connectivity index (χ1) is 8.76. The van der Waals surface area contributed by atoms with E-state index in [4.69, 9.17) is 9.47 Å². The Morgan fingerprint density at radius 3 is 2.89 bits per heavy atom. The summed E-state index contributed by atoms with van der Waals surface area (Å²) >= 11 is 1.47. The van der Waals surface area contributed by atoms with E-state index >= 15 is 0 Å². The topological polar surface area (TPSA) is 47.6 Å². The first-order valence-corrected chi connectivity index (χ1v) is 6.35. The molecule has 0 unspecified atom stereocenters. The fraction of sp³-hybridized carbons (Fsp3) is 0.308. The number of rotatable bonds is 5. The van der Waals surface area contributed by atoms with Gasteiger partial charge in [0.15, 0.2) is 0 Å². The molecule has 1 heterocycles. The molecule has 1 aromatic heterocycles. The SMILES string of the molecule is COCNC(=O)c1cc2cccc(COC)c2s1. The molecule has 0 bridgehead atoms. The Hall–Kier alpha value is -1.43. The van der Waals surface area contributed by atoms with E-state index in [2.05, 4.69) is 5.32 Å². The van der Waals surface area contributed by atoms with E-state index in [-0.39, 0.29) is 12.6 Å². The highest BCUT2D eigenvalue weighted by atomic mass is 32.1. The molecule has 2 aromatic rings. The molecule has 4 nitrogen and oxygen atoms in total. The van der Waals surface area contributed by atoms with Crippen molar-refractivity contribution in [3.05, 3.63) is 34.7 Å². The molecule has 0 saturated heterocycles. The van der Waals surface area contributed by atoms with Gasteiger partial charge < -0.3 is 14.8 Å². The average Bonchev–Trinajstić information content (AvgIpc) is 2.81. The van der Waals surface area contributed by atoms with Gasteiger partial charge in [0.05, 0.1) is 11.5 Å². The molecule has 1 amide bonds. The molecule has 0 fully saturated rings. The summed E-state index contributed by atoms with van der Waals surface area (Å²) in [4.78, 5) is 12.5. The maximum absolute atomic E-state index is 11.8. The van der Waals surface area contributed by atoms with Crippen LogP contribution >= 0.6 is 11.3 Å². The molecule has 0 atom stereocenters. The second kappa shape index (κ2) is 5.95. The summed E-state index contributed by atoms with van der Waals surface area (Å²) in [5.74, 6) is -0.110. The van der Waals surface area contributed by atoms with Crippen molar-refractivity contribution in [2.45, 2.75) is 6.61 Å². The van der Waals surface area contributed by atoms with Gasteiger partial charge in [-0.1, -0.05) is 18.2 Å². The molecule has 5 heteroatoms. The van der Waals surface area contributed by atoms with Crippen molar-refractivity contribution in [1.82, 2.24) is 5.32 Å². The van der Waals surface area contributed by atoms with Crippen LogP contribution in [0.5, 0.6) is 0 Å². The van der Waals surface area contributed by atoms with Crippen molar-refractivity contribution < 1.29 is 14.3 Å². The van der Waals surface area contributed by atoms with Crippen LogP contribution in [0.3, 0.4) is 0 Å². The van der Waals surface area contributed by atoms with Crippen LogP contribution in [0.15, 0.2) is 24.3 Å². The Balaban J connectivity index is 2.31. The zero-order valence-corrected chi connectivity index (χ0v) is 11.2. The summed E-state index contributed by atoms with van der Waals surface area (Å²) in [6, 6.07) is 7.88. The van der Waals surface area contributed by atoms with Crippen molar-refractivity contribution in [2.75, 3.05) is 21.0 Å². The molecular formula is C13H15NO3S. The third-order valence-electron chi connectivity index (χ3n) is 2.53. The predicted octanol–water partition coefficient (Wildman–Crippen LogP) is 2.38. The number of benzene rings is 1. The summed E-state index contributed by atoms with van der Waals surface area (Å²) in [6.45, 7) is 0.773. The highest BCUT2D eigenvalue weighted by molar-refractivity contribution is 7.21. The molecule has 2 rings (SSSR count). The monoisotopic (exact) mass is 265 g/mol. The highest BCUT2D eigenvalue weighted by Gasteiger charge is 2.11. The average molecular weight is 265 g/mol. The Bertz CT molecular complexity index is 550. The maximum Gasteiger partial charge on any atom is 0.263 e. The van der Waals surface area contributed by atoms with Crippen molar-refractivity contribution in [3.63, 3.8) is 0 Å². The quantitative estimate of drug-likeness (QED) is 0.844. The van der Waals surface area contributed by atoms with Gasteiger partial charge in [-0.05, 0) is 17.0 Å². The van der Waals surface area contributed by atoms with E-state index < -0.39 is 0 Å². The normalized spacial score (nSPS) is 10.8. The predicted molar refractivity (Wildman–Crippen MR) is 71.9 cm³/mol. The van der Waals surface area contributed by atoms with Gasteiger partial charge in [-0.2, -0.15) is 0 Å². The number of fused-ring (bicyclic) bond motifs is 1. The van der Waals surface area contributed by atoms with Crippen molar-refractivity contribution >= 4 is 27.3 Å². The number of carbonyl (C=O) groups excluding carboxylic acids is 1. The van der Waals surface area contributed by atoms with E-state index in [1.165, 1.54) is 11.3 Å². The number of methoxy groups -OCH3 is 2. The van der Waals surface area contributed by atoms with Gasteiger partial charge in [0, 0.05) is 18.9 Å². The van der Waals surface area contributed by atoms with Crippen LogP contribution in [-0.2, 0) is 16.1 Å². The summed E-state index contributed by atoms with van der Waals surface area (Å²) in [5, 5.41) is 3.75. The van der Waals surface area contributed by atoms with Crippen molar-refractivity contribution in [1.29, 1.82) is 0 Å². The van der Waals surface area contributed by atoms with Crippen LogP contribution < -0.4 is 5.32 Å². The van der Waals surface area contributed by atoms with Crippen LogP contribution in [-0.4, -0.2) is 26.9 Å². The number of ether oxygens (including phenoxy) is 2. The Morgan fingerprint density at radius 1 is 1.33 bits per heavy atom. The summed E-state index contributed by atoms with van der Waals surface area (Å²) in [6.07, 6.45) is 0. The highest BCUT2D eigenvalue weighted by Crippen LogP contribution is 2.29. The molecule has 0 spiro atoms. The number of hydrogen-bond acceptors (Lipinski definition) is 4. The summed E-state index contributed by atoms with van der Waals surface area (Å²) < 4.78 is 11.1. The molecule has 1 N–H and O–H groups in total. The number of thiophene rings is 1. The van der Waals surface area contributed by atoms with Crippen LogP contribution in [0, 0.1) is 0 Å². The molecule has 0 saturated carbocycles. The zero-order valence-electron chi connectivity index (χ0n) is 10.4. The standard InChI is InChI=1S/C13H15NO3S/c1-16-7-10-5-3-4-9-6-11(18-12(9)10)13(15)14-8-17-2/h3-6H,7-8H2,1-2H3,(H,14,15). The molecule has 1 aromatic carbocycles. The maximum atomic E-state index is 11.8. The van der Waals surface area contributed by atoms with Crippen LogP contribution in [0.4, 0.5) is 0 Å². The lowest BCUT2D eigenvalue weighted by Crippen LogP contribution is -2.24. The van der Waals surface area contributed by atoms with E-state index in [9.17, 15) is 4.79 Å². The van der Waals surface area contributed by atoms with E-state index in [0.717, 1.165) is 15.6 Å². The summed E-state index contributed by atoms with van der Waals surface area (Å²) in [5.41, 5.74) is 1.10. The van der Waals surface area contributed by atoms with Gasteiger partial charge in [0.25, 0.3) is 5.91 Å². The van der Waals surface area contributed by atoms with Gasteiger partial charge >= 0.3 is 0 Å². The number of amides is 1. The lowest BCUT2D eigenvalue weighted by atomic mass is 10.2. The second-order valence-electron chi connectivity index (χ2n) is 3.82. The van der Waals surface area contributed by atoms with Gasteiger partial charge in [-0.3, -0.25) is 4.79 Å². The summed E-state index contributed by atoms with van der Waals surface area (Å²) in [7, 11) is 3.21. The fourth-order valence-corrected chi connectivity index (χ4v) is 2.80. The Kier molecular flexibility index (Phi) is 4.30. The molecular weight excluding hydrogens is 250 g/mol. The molecule has 0 aliphatic rings. The third-order valence-corrected chi connectivity index (χ3v) is 3.75. The fourth-order valence-electron chi connectivity index (χ4n) is 1.73. The molecule has 96 valence electrons. The Morgan fingerprint density at radius 2 is 2.17 bits per heavy atom. The lowest BCUT2D eigenvalue weighted by molar-refractivity contribution is 0.0876. The van der Waals surface area contributed by atoms with Gasteiger partial charge in [0.1, 0.15) is 6.73 Å². The number of carbonyl (C=O) groups is 1. The lowest BCUT2D eigenvalue weighted by Gasteiger charge is -2.00. The Labute approximate surface area is 110 Å². The van der Waals surface area contributed by atoms with E-state index in [0.29, 0.717) is 11.5 Å². The van der Waals surface area contributed by atoms with Crippen molar-refractivity contribution in [3.8, 4) is 0 Å². The van der Waals surface area contributed by atoms with Crippen LogP contribution in [0.25, 0.3) is 10.1 Å². The number of hydrogen-bond donors (Lipinski definition) is 1. The molecule has 0 aliphatic carbocycles. The first kappa shape index (κ1) is 13.0. The largest absolute Gasteiger partial charge is 0.380 e. The van der Waals surface area contributed by atoms with E-state index in [1.54, 1.807) is 14.2 Å². The van der Waals surface area contributed by atoms with Crippen LogP contribution in [0.1, 0.15) is 15.2 Å². The van der Waals surface area contributed by atoms with Gasteiger partial charge in [0.2, 0.25) is 0 Å². The minimum atomic E-state index is -0.110. The second-order valence-corrected chi connectivity index (χ2v) is 4.87. The van der Waals surface area contributed by atoms with Gasteiger partial charge in [-0.25, -0.2) is 0 Å². The first-order valence-electron chi connectivity index (χ1n) is 5.53. The molecule has 0 aliphatic heterocycles.